The van der Waals surface area contributed by atoms with Crippen LogP contribution in [0.5, 0.6) is 11.5 Å². The summed E-state index contributed by atoms with van der Waals surface area (Å²) in [7, 11) is 0. The van der Waals surface area contributed by atoms with E-state index in [4.69, 9.17) is 24.2 Å². The molecule has 2 heterocycles. The maximum Gasteiger partial charge on any atom is 0.335 e. The minimum atomic E-state index is -0.950. The molecule has 0 amide bonds. The third-order valence-corrected chi connectivity index (χ3v) is 6.27. The molecule has 0 saturated heterocycles. The van der Waals surface area contributed by atoms with Crippen LogP contribution in [0.3, 0.4) is 0 Å². The number of hydrogen-bond donors (Lipinski definition) is 2. The molecule has 7 nitrogen and oxygen atoms in total. The molecule has 0 radical (unpaired) electrons. The van der Waals surface area contributed by atoms with E-state index in [1.165, 1.54) is 0 Å². The summed E-state index contributed by atoms with van der Waals surface area (Å²) in [6.45, 7) is 0.467. The van der Waals surface area contributed by atoms with E-state index >= 15 is 0 Å². The van der Waals surface area contributed by atoms with E-state index in [1.54, 1.807) is 36.6 Å². The molecule has 6 rings (SSSR count). The molecule has 4 aromatic carbocycles. The highest BCUT2D eigenvalue weighted by Gasteiger charge is 2.13. The van der Waals surface area contributed by atoms with Gasteiger partial charge in [0.1, 0.15) is 17.3 Å². The molecule has 0 unspecified atom stereocenters. The van der Waals surface area contributed by atoms with Gasteiger partial charge in [-0.25, -0.2) is 14.8 Å². The lowest BCUT2D eigenvalue weighted by Gasteiger charge is -2.12. The molecule has 0 atom stereocenters. The van der Waals surface area contributed by atoms with Crippen molar-refractivity contribution in [1.82, 2.24) is 9.97 Å². The third kappa shape index (κ3) is 5.33. The molecule has 2 aromatic heterocycles. The van der Waals surface area contributed by atoms with Crippen LogP contribution >= 0.6 is 0 Å². The van der Waals surface area contributed by atoms with Crippen LogP contribution in [0.2, 0.25) is 0 Å². The molecule has 0 bridgehead atoms. The predicted octanol–water partition coefficient (Wildman–Crippen LogP) is 7.66. The molecular formula is C32H23N3O4. The Kier molecular flexibility index (Phi) is 6.45. The Bertz CT molecular complexity index is 1730. The van der Waals surface area contributed by atoms with Crippen molar-refractivity contribution in [1.29, 1.82) is 0 Å². The number of furan rings is 1. The first-order chi connectivity index (χ1) is 19.1. The van der Waals surface area contributed by atoms with Gasteiger partial charge in [-0.15, -0.1) is 0 Å². The molecule has 0 aliphatic rings. The molecule has 0 aliphatic carbocycles. The summed E-state index contributed by atoms with van der Waals surface area (Å²) >= 11 is 0. The molecule has 190 valence electrons. The first-order valence-electron chi connectivity index (χ1n) is 12.4. The summed E-state index contributed by atoms with van der Waals surface area (Å²) in [5.74, 6) is 2.30. The summed E-state index contributed by atoms with van der Waals surface area (Å²) in [4.78, 5) is 20.7. The first-order valence-corrected chi connectivity index (χ1v) is 12.4. The van der Waals surface area contributed by atoms with Gasteiger partial charge in [-0.2, -0.15) is 0 Å². The number of hydrogen-bond acceptors (Lipinski definition) is 6. The number of aromatic nitrogens is 2. The highest BCUT2D eigenvalue weighted by atomic mass is 16.5. The quantitative estimate of drug-likeness (QED) is 0.216. The van der Waals surface area contributed by atoms with Crippen molar-refractivity contribution in [3.8, 4) is 34.2 Å². The molecule has 0 spiro atoms. The number of benzene rings is 4. The minimum Gasteiger partial charge on any atom is -0.478 e. The maximum atomic E-state index is 11.2. The lowest BCUT2D eigenvalue weighted by atomic mass is 10.0. The summed E-state index contributed by atoms with van der Waals surface area (Å²) in [5.41, 5.74) is 3.98. The smallest absolute Gasteiger partial charge is 0.335 e. The van der Waals surface area contributed by atoms with Gasteiger partial charge < -0.3 is 19.6 Å². The second kappa shape index (κ2) is 10.5. The largest absolute Gasteiger partial charge is 0.478 e. The van der Waals surface area contributed by atoms with Gasteiger partial charge in [0.25, 0.3) is 0 Å². The van der Waals surface area contributed by atoms with E-state index < -0.39 is 5.97 Å². The van der Waals surface area contributed by atoms with Gasteiger partial charge in [0.2, 0.25) is 0 Å². The molecule has 7 heteroatoms. The molecule has 0 saturated carbocycles. The van der Waals surface area contributed by atoms with Gasteiger partial charge in [-0.1, -0.05) is 48.5 Å². The number of rotatable bonds is 8. The van der Waals surface area contributed by atoms with Crippen LogP contribution in [-0.2, 0) is 6.54 Å². The predicted molar refractivity (Wildman–Crippen MR) is 150 cm³/mol. The number of ether oxygens (including phenoxy) is 1. The number of carboxylic acid groups (broad SMARTS) is 1. The number of anilines is 1. The number of carboxylic acids is 1. The molecule has 2 N–H and O–H groups in total. The van der Waals surface area contributed by atoms with E-state index in [1.807, 2.05) is 78.9 Å². The van der Waals surface area contributed by atoms with E-state index in [2.05, 4.69) is 5.32 Å². The van der Waals surface area contributed by atoms with Crippen LogP contribution in [0.4, 0.5) is 5.82 Å². The van der Waals surface area contributed by atoms with Crippen LogP contribution in [-0.4, -0.2) is 21.0 Å². The van der Waals surface area contributed by atoms with Crippen LogP contribution in [0.15, 0.2) is 120 Å². The van der Waals surface area contributed by atoms with Gasteiger partial charge >= 0.3 is 5.97 Å². The standard InChI is InChI=1S/C32H23N3O4/c36-32(37)23-10-8-21(9-11-23)20-33-30-27-17-14-24(19-28(27)34-31(35-30)29-7-4-18-38-29)22-12-15-26(16-13-22)39-25-5-2-1-3-6-25/h1-19H,20H2,(H,36,37)(H,33,34,35). The second-order valence-electron chi connectivity index (χ2n) is 8.90. The zero-order valence-electron chi connectivity index (χ0n) is 20.7. The zero-order valence-corrected chi connectivity index (χ0v) is 20.7. The van der Waals surface area contributed by atoms with E-state index in [0.717, 1.165) is 39.1 Å². The fraction of sp³-hybridized carbons (Fsp3) is 0.0312. The zero-order chi connectivity index (χ0) is 26.6. The van der Waals surface area contributed by atoms with Gasteiger partial charge in [0, 0.05) is 11.9 Å². The Balaban J connectivity index is 1.30. The van der Waals surface area contributed by atoms with Crippen molar-refractivity contribution in [2.75, 3.05) is 5.32 Å². The fourth-order valence-electron chi connectivity index (χ4n) is 4.25. The molecule has 0 fully saturated rings. The molecule has 39 heavy (non-hydrogen) atoms. The lowest BCUT2D eigenvalue weighted by Crippen LogP contribution is -2.05. The fourth-order valence-corrected chi connectivity index (χ4v) is 4.25. The number of aromatic carboxylic acids is 1. The Morgan fingerprint density at radius 1 is 0.795 bits per heavy atom. The maximum absolute atomic E-state index is 11.2. The Morgan fingerprint density at radius 2 is 1.54 bits per heavy atom. The first kappa shape index (κ1) is 23.9. The molecule has 0 aliphatic heterocycles. The van der Waals surface area contributed by atoms with Gasteiger partial charge in [-0.3, -0.25) is 0 Å². The van der Waals surface area contributed by atoms with Crippen LogP contribution in [0.25, 0.3) is 33.6 Å². The number of nitrogens with one attached hydrogen (secondary N) is 1. The van der Waals surface area contributed by atoms with Crippen LogP contribution in [0, 0.1) is 0 Å². The van der Waals surface area contributed by atoms with Crippen molar-refractivity contribution < 1.29 is 19.1 Å². The van der Waals surface area contributed by atoms with Crippen LogP contribution in [0.1, 0.15) is 15.9 Å². The number of para-hydroxylation sites is 1. The topological polar surface area (TPSA) is 97.5 Å². The van der Waals surface area contributed by atoms with Crippen molar-refractivity contribution in [2.24, 2.45) is 0 Å². The van der Waals surface area contributed by atoms with Crippen molar-refractivity contribution in [3.63, 3.8) is 0 Å². The third-order valence-electron chi connectivity index (χ3n) is 6.27. The average Bonchev–Trinajstić information content (AvgIpc) is 3.52. The summed E-state index contributed by atoms with van der Waals surface area (Å²) in [6, 6.07) is 34.1. The Hall–Kier alpha value is -5.43. The average molecular weight is 514 g/mol. The highest BCUT2D eigenvalue weighted by Crippen LogP contribution is 2.31. The van der Waals surface area contributed by atoms with Crippen molar-refractivity contribution in [3.05, 3.63) is 127 Å². The number of carbonyl (C=O) groups is 1. The Labute approximate surface area is 224 Å². The monoisotopic (exact) mass is 513 g/mol. The molecule has 6 aromatic rings. The van der Waals surface area contributed by atoms with E-state index in [9.17, 15) is 4.79 Å². The lowest BCUT2D eigenvalue weighted by molar-refractivity contribution is 0.0697. The van der Waals surface area contributed by atoms with E-state index in [-0.39, 0.29) is 5.56 Å². The number of nitrogens with zero attached hydrogens (tertiary/aromatic N) is 2. The van der Waals surface area contributed by atoms with Crippen molar-refractivity contribution >= 4 is 22.7 Å². The molecular weight excluding hydrogens is 490 g/mol. The summed E-state index contributed by atoms with van der Waals surface area (Å²) in [6.07, 6.45) is 1.59. The van der Waals surface area contributed by atoms with Gasteiger partial charge in [0.15, 0.2) is 11.6 Å². The Morgan fingerprint density at radius 3 is 2.26 bits per heavy atom. The van der Waals surface area contributed by atoms with E-state index in [0.29, 0.717) is 23.9 Å². The summed E-state index contributed by atoms with van der Waals surface area (Å²) < 4.78 is 11.5. The SMILES string of the molecule is O=C(O)c1ccc(CNc2nc(-c3ccco3)nc3cc(-c4ccc(Oc5ccccc5)cc4)ccc23)cc1. The van der Waals surface area contributed by atoms with Gasteiger partial charge in [0.05, 0.1) is 17.3 Å². The number of fused-ring (bicyclic) bond motifs is 1. The van der Waals surface area contributed by atoms with Crippen molar-refractivity contribution in [2.45, 2.75) is 6.54 Å². The summed E-state index contributed by atoms with van der Waals surface area (Å²) in [5, 5.41) is 13.4. The van der Waals surface area contributed by atoms with Crippen LogP contribution < -0.4 is 10.1 Å². The minimum absolute atomic E-state index is 0.249. The normalized spacial score (nSPS) is 10.9. The second-order valence-corrected chi connectivity index (χ2v) is 8.90. The van der Waals surface area contributed by atoms with Gasteiger partial charge in [-0.05, 0) is 77.4 Å². The highest BCUT2D eigenvalue weighted by molar-refractivity contribution is 5.93.